The number of carbonyl (C=O) groups is 2. The Morgan fingerprint density at radius 1 is 1.26 bits per heavy atom. The number of ether oxygens (including phenoxy) is 1. The van der Waals surface area contributed by atoms with Crippen molar-refractivity contribution < 1.29 is 22.7 Å². The summed E-state index contributed by atoms with van der Waals surface area (Å²) in [6.07, 6.45) is 0.609. The number of halogens is 2. The lowest BCUT2D eigenvalue weighted by Crippen LogP contribution is -2.46. The number of nitrogens with zero attached hydrogens (tertiary/aromatic N) is 3. The van der Waals surface area contributed by atoms with E-state index in [0.717, 1.165) is 16.0 Å². The summed E-state index contributed by atoms with van der Waals surface area (Å²) in [5, 5.41) is 0.938. The number of aromatic nitrogens is 2. The molecule has 0 aliphatic carbocycles. The van der Waals surface area contributed by atoms with E-state index in [1.165, 1.54) is 37.3 Å². The number of benzene rings is 2. The van der Waals surface area contributed by atoms with Gasteiger partial charge >= 0.3 is 6.09 Å². The van der Waals surface area contributed by atoms with Crippen molar-refractivity contribution in [2.75, 3.05) is 10.8 Å². The zero-order valence-electron chi connectivity index (χ0n) is 18.7. The number of amides is 1. The molecule has 0 fully saturated rings. The average molecular weight is 571 g/mol. The quantitative estimate of drug-likeness (QED) is 0.411. The molecule has 0 saturated carbocycles. The Kier molecular flexibility index (Phi) is 7.20. The van der Waals surface area contributed by atoms with Gasteiger partial charge in [-0.15, -0.1) is 0 Å². The Balaban J connectivity index is 2.39. The predicted molar refractivity (Wildman–Crippen MR) is 132 cm³/mol. The van der Waals surface area contributed by atoms with E-state index in [4.69, 9.17) is 16.3 Å². The zero-order valence-corrected chi connectivity index (χ0v) is 21.9. The summed E-state index contributed by atoms with van der Waals surface area (Å²) >= 11 is 9.39. The lowest BCUT2D eigenvalue weighted by molar-refractivity contribution is 0.0561. The minimum absolute atomic E-state index is 0.0308. The van der Waals surface area contributed by atoms with Crippen LogP contribution in [0.15, 0.2) is 50.8 Å². The molecule has 1 aromatic heterocycles. The third kappa shape index (κ3) is 5.16. The van der Waals surface area contributed by atoms with Gasteiger partial charge in [-0.2, -0.15) is 9.69 Å². The Bertz CT molecular complexity index is 1460. The Morgan fingerprint density at radius 2 is 1.94 bits per heavy atom. The van der Waals surface area contributed by atoms with Gasteiger partial charge in [0.05, 0.1) is 27.2 Å². The number of aldehydes is 1. The van der Waals surface area contributed by atoms with Crippen LogP contribution in [0, 0.1) is 0 Å². The molecule has 12 heteroatoms. The minimum Gasteiger partial charge on any atom is -0.442 e. The molecule has 0 N–H and O–H groups in total. The highest BCUT2D eigenvalue weighted by Crippen LogP contribution is 2.31. The highest BCUT2D eigenvalue weighted by molar-refractivity contribution is 9.10. The van der Waals surface area contributed by atoms with Crippen molar-refractivity contribution in [2.45, 2.75) is 38.2 Å². The van der Waals surface area contributed by atoms with Crippen molar-refractivity contribution in [3.05, 3.63) is 62.1 Å². The van der Waals surface area contributed by atoms with Crippen LogP contribution >= 0.6 is 27.5 Å². The number of anilines is 1. The van der Waals surface area contributed by atoms with E-state index in [1.807, 2.05) is 0 Å². The molecule has 0 radical (unpaired) electrons. The van der Waals surface area contributed by atoms with E-state index < -0.39 is 27.1 Å². The van der Waals surface area contributed by atoms with Gasteiger partial charge in [-0.1, -0.05) is 18.5 Å². The van der Waals surface area contributed by atoms with Crippen LogP contribution in [0.1, 0.15) is 38.1 Å². The van der Waals surface area contributed by atoms with Crippen molar-refractivity contribution in [1.82, 2.24) is 9.66 Å². The number of rotatable bonds is 5. The number of hydrogen-bond donors (Lipinski definition) is 0. The van der Waals surface area contributed by atoms with Gasteiger partial charge in [0, 0.05) is 15.1 Å². The summed E-state index contributed by atoms with van der Waals surface area (Å²) in [5.41, 5.74) is -1.42. The van der Waals surface area contributed by atoms with Crippen LogP contribution < -0.4 is 10.6 Å². The molecule has 3 rings (SSSR count). The highest BCUT2D eigenvalue weighted by atomic mass is 79.9. The van der Waals surface area contributed by atoms with Gasteiger partial charge in [-0.25, -0.2) is 18.2 Å². The van der Waals surface area contributed by atoms with Gasteiger partial charge in [0.15, 0.2) is 16.1 Å². The molecule has 34 heavy (non-hydrogen) atoms. The first kappa shape index (κ1) is 25.9. The minimum atomic E-state index is -3.84. The second-order valence-corrected chi connectivity index (χ2v) is 11.7. The normalized spacial score (nSPS) is 11.9. The topological polar surface area (TPSA) is 116 Å². The fourth-order valence-electron chi connectivity index (χ4n) is 3.07. The molecule has 0 bridgehead atoms. The molecule has 0 unspecified atom stereocenters. The van der Waals surface area contributed by atoms with E-state index in [1.54, 1.807) is 20.8 Å². The van der Waals surface area contributed by atoms with Crippen LogP contribution in [0.3, 0.4) is 0 Å². The van der Waals surface area contributed by atoms with Crippen LogP contribution in [0.5, 0.6) is 0 Å². The molecule has 0 saturated heterocycles. The number of sulfone groups is 1. The summed E-state index contributed by atoms with van der Waals surface area (Å²) in [6.45, 7) is 6.33. The Morgan fingerprint density at radius 3 is 2.53 bits per heavy atom. The Labute approximate surface area is 209 Å². The van der Waals surface area contributed by atoms with Crippen molar-refractivity contribution in [1.29, 1.82) is 0 Å². The van der Waals surface area contributed by atoms with E-state index in [9.17, 15) is 22.8 Å². The van der Waals surface area contributed by atoms with Gasteiger partial charge < -0.3 is 4.74 Å². The third-order valence-electron chi connectivity index (χ3n) is 4.63. The van der Waals surface area contributed by atoms with Gasteiger partial charge in [0.25, 0.3) is 5.56 Å². The summed E-state index contributed by atoms with van der Waals surface area (Å²) < 4.78 is 32.4. The molecule has 0 spiro atoms. The van der Waals surface area contributed by atoms with Crippen LogP contribution in [0.4, 0.5) is 10.5 Å². The number of hydrogen-bond acceptors (Lipinski definition) is 7. The smallest absolute Gasteiger partial charge is 0.434 e. The van der Waals surface area contributed by atoms with E-state index in [-0.39, 0.29) is 37.8 Å². The number of carbonyl (C=O) groups excluding carboxylic acids is 2. The van der Waals surface area contributed by atoms with Crippen LogP contribution in [-0.2, 0) is 14.6 Å². The predicted octanol–water partition coefficient (Wildman–Crippen LogP) is 4.62. The summed E-state index contributed by atoms with van der Waals surface area (Å²) in [4.78, 5) is 42.2. The molecule has 2 aromatic carbocycles. The Hall–Kier alpha value is -2.76. The van der Waals surface area contributed by atoms with Gasteiger partial charge in [0.2, 0.25) is 0 Å². The van der Waals surface area contributed by atoms with Gasteiger partial charge in [-0.05, 0) is 67.0 Å². The van der Waals surface area contributed by atoms with Crippen molar-refractivity contribution in [3.63, 3.8) is 0 Å². The average Bonchev–Trinajstić information content (AvgIpc) is 2.74. The number of fused-ring (bicyclic) bond motifs is 1. The van der Waals surface area contributed by atoms with Crippen LogP contribution in [-0.4, -0.2) is 41.8 Å². The summed E-state index contributed by atoms with van der Waals surface area (Å²) in [5.74, 6) is -0.259. The molecule has 0 atom stereocenters. The zero-order chi connectivity index (χ0) is 25.4. The lowest BCUT2D eigenvalue weighted by atomic mass is 10.1. The maximum absolute atomic E-state index is 13.5. The monoisotopic (exact) mass is 569 g/mol. The standard InChI is InChI=1S/C22H21BrClN3O6S/c1-5-34(31,32)19-7-6-14(24)9-18(19)27(21(30)33-22(2,3)4)26-12-25-17-10-16(23)13(11-28)8-15(17)20(26)29/h6-12H,5H2,1-4H3. The van der Waals surface area contributed by atoms with E-state index >= 15 is 0 Å². The first-order chi connectivity index (χ1) is 15.8. The van der Waals surface area contributed by atoms with Gasteiger partial charge in [-0.3, -0.25) is 9.59 Å². The van der Waals surface area contributed by atoms with Gasteiger partial charge in [0.1, 0.15) is 11.9 Å². The lowest BCUT2D eigenvalue weighted by Gasteiger charge is -2.29. The largest absolute Gasteiger partial charge is 0.442 e. The molecule has 1 amide bonds. The third-order valence-corrected chi connectivity index (χ3v) is 7.33. The molecule has 180 valence electrons. The summed E-state index contributed by atoms with van der Waals surface area (Å²) in [6, 6.07) is 6.70. The highest BCUT2D eigenvalue weighted by Gasteiger charge is 2.31. The van der Waals surface area contributed by atoms with Crippen LogP contribution in [0.25, 0.3) is 10.9 Å². The maximum atomic E-state index is 13.5. The SMILES string of the molecule is CCS(=O)(=O)c1ccc(Cl)cc1N(C(=O)OC(C)(C)C)n1cnc2cc(Br)c(C=O)cc2c1=O. The molecule has 0 aliphatic rings. The first-order valence-electron chi connectivity index (χ1n) is 10.0. The molecular formula is C22H21BrClN3O6S. The van der Waals surface area contributed by atoms with Crippen molar-refractivity contribution >= 4 is 66.3 Å². The molecule has 9 nitrogen and oxygen atoms in total. The van der Waals surface area contributed by atoms with Crippen molar-refractivity contribution in [2.24, 2.45) is 0 Å². The second-order valence-electron chi connectivity index (χ2n) is 8.21. The van der Waals surface area contributed by atoms with Crippen molar-refractivity contribution in [3.8, 4) is 0 Å². The van der Waals surface area contributed by atoms with E-state index in [2.05, 4.69) is 20.9 Å². The fraction of sp³-hybridized carbons (Fsp3) is 0.273. The second kappa shape index (κ2) is 9.47. The molecule has 3 aromatic rings. The molecular weight excluding hydrogens is 550 g/mol. The maximum Gasteiger partial charge on any atom is 0.434 e. The fourth-order valence-corrected chi connectivity index (χ4v) is 4.71. The molecule has 1 heterocycles. The summed E-state index contributed by atoms with van der Waals surface area (Å²) in [7, 11) is -3.84. The molecule has 0 aliphatic heterocycles. The van der Waals surface area contributed by atoms with Crippen LogP contribution in [0.2, 0.25) is 5.02 Å². The van der Waals surface area contributed by atoms with E-state index in [0.29, 0.717) is 10.8 Å². The first-order valence-corrected chi connectivity index (χ1v) is 12.8.